The van der Waals surface area contributed by atoms with Crippen LogP contribution in [-0.4, -0.2) is 18.1 Å². The molecule has 2 rings (SSSR count). The second-order valence-corrected chi connectivity index (χ2v) is 5.26. The Kier molecular flexibility index (Phi) is 2.87. The summed E-state index contributed by atoms with van der Waals surface area (Å²) in [6.07, 6.45) is 3.11. The highest BCUT2D eigenvalue weighted by molar-refractivity contribution is 6.17. The van der Waals surface area contributed by atoms with Crippen LogP contribution in [0.5, 0.6) is 0 Å². The third kappa shape index (κ3) is 2.43. The van der Waals surface area contributed by atoms with Crippen LogP contribution in [0.25, 0.3) is 0 Å². The molecule has 1 aliphatic rings. The summed E-state index contributed by atoms with van der Waals surface area (Å²) < 4.78 is 0. The standard InChI is InChI=1S/C12H17ClN2/c1-12(2)5-6-15(9-12)11-4-3-10(7-13)8-14-11/h3-4,8H,5-7,9H2,1-2H3. The van der Waals surface area contributed by atoms with Gasteiger partial charge >= 0.3 is 0 Å². The number of nitrogens with zero attached hydrogens (tertiary/aromatic N) is 2. The van der Waals surface area contributed by atoms with Crippen molar-refractivity contribution >= 4 is 17.4 Å². The van der Waals surface area contributed by atoms with Gasteiger partial charge in [-0.3, -0.25) is 0 Å². The van der Waals surface area contributed by atoms with Crippen molar-refractivity contribution in [1.29, 1.82) is 0 Å². The molecule has 82 valence electrons. The Hall–Kier alpha value is -0.760. The van der Waals surface area contributed by atoms with Crippen LogP contribution in [0.4, 0.5) is 5.82 Å². The lowest BCUT2D eigenvalue weighted by atomic mass is 9.93. The van der Waals surface area contributed by atoms with Gasteiger partial charge in [-0.1, -0.05) is 19.9 Å². The third-order valence-corrected chi connectivity index (χ3v) is 3.27. The zero-order valence-electron chi connectivity index (χ0n) is 9.33. The van der Waals surface area contributed by atoms with Gasteiger partial charge in [0.2, 0.25) is 0 Å². The summed E-state index contributed by atoms with van der Waals surface area (Å²) in [7, 11) is 0. The predicted molar refractivity (Wildman–Crippen MR) is 64.4 cm³/mol. The van der Waals surface area contributed by atoms with Crippen LogP contribution >= 0.6 is 11.6 Å². The quantitative estimate of drug-likeness (QED) is 0.718. The summed E-state index contributed by atoms with van der Waals surface area (Å²) in [6, 6.07) is 4.12. The number of hydrogen-bond donors (Lipinski definition) is 0. The minimum absolute atomic E-state index is 0.423. The van der Waals surface area contributed by atoms with E-state index in [2.05, 4.69) is 35.9 Å². The molecule has 1 aromatic heterocycles. The van der Waals surface area contributed by atoms with E-state index < -0.39 is 0 Å². The molecule has 1 fully saturated rings. The summed E-state index contributed by atoms with van der Waals surface area (Å²) in [5, 5.41) is 0. The molecule has 0 bridgehead atoms. The van der Waals surface area contributed by atoms with E-state index in [9.17, 15) is 0 Å². The Morgan fingerprint density at radius 3 is 2.73 bits per heavy atom. The van der Waals surface area contributed by atoms with Crippen molar-refractivity contribution in [2.45, 2.75) is 26.1 Å². The van der Waals surface area contributed by atoms with Crippen molar-refractivity contribution in [3.8, 4) is 0 Å². The van der Waals surface area contributed by atoms with Crippen LogP contribution in [0.15, 0.2) is 18.3 Å². The third-order valence-electron chi connectivity index (χ3n) is 2.96. The molecule has 0 aromatic carbocycles. The molecule has 2 nitrogen and oxygen atoms in total. The van der Waals surface area contributed by atoms with Gasteiger partial charge in [-0.25, -0.2) is 4.98 Å². The molecule has 0 N–H and O–H groups in total. The maximum Gasteiger partial charge on any atom is 0.128 e. The van der Waals surface area contributed by atoms with Gasteiger partial charge in [0.1, 0.15) is 5.82 Å². The number of halogens is 1. The van der Waals surface area contributed by atoms with E-state index in [-0.39, 0.29) is 0 Å². The zero-order valence-corrected chi connectivity index (χ0v) is 10.1. The highest BCUT2D eigenvalue weighted by Crippen LogP contribution is 2.31. The fourth-order valence-electron chi connectivity index (χ4n) is 1.99. The number of aromatic nitrogens is 1. The number of alkyl halides is 1. The molecule has 15 heavy (non-hydrogen) atoms. The van der Waals surface area contributed by atoms with Crippen molar-refractivity contribution in [2.75, 3.05) is 18.0 Å². The smallest absolute Gasteiger partial charge is 0.128 e. The molecule has 1 saturated heterocycles. The fourth-order valence-corrected chi connectivity index (χ4v) is 2.15. The van der Waals surface area contributed by atoms with Crippen molar-refractivity contribution in [3.05, 3.63) is 23.9 Å². The van der Waals surface area contributed by atoms with Crippen LogP contribution in [0.2, 0.25) is 0 Å². The van der Waals surface area contributed by atoms with Crippen LogP contribution in [-0.2, 0) is 5.88 Å². The lowest BCUT2D eigenvalue weighted by Gasteiger charge is -2.20. The molecule has 0 saturated carbocycles. The minimum atomic E-state index is 0.423. The lowest BCUT2D eigenvalue weighted by molar-refractivity contribution is 0.418. The summed E-state index contributed by atoms with van der Waals surface area (Å²) in [5.74, 6) is 1.62. The minimum Gasteiger partial charge on any atom is -0.356 e. The van der Waals surface area contributed by atoms with Crippen LogP contribution < -0.4 is 4.90 Å². The average Bonchev–Trinajstić information content (AvgIpc) is 2.59. The van der Waals surface area contributed by atoms with Crippen molar-refractivity contribution in [1.82, 2.24) is 4.98 Å². The van der Waals surface area contributed by atoms with Gasteiger partial charge in [-0.15, -0.1) is 11.6 Å². The van der Waals surface area contributed by atoms with E-state index in [1.54, 1.807) is 0 Å². The second-order valence-electron chi connectivity index (χ2n) is 4.99. The first-order valence-electron chi connectivity index (χ1n) is 5.37. The van der Waals surface area contributed by atoms with Gasteiger partial charge in [0.05, 0.1) is 0 Å². The van der Waals surface area contributed by atoms with E-state index in [1.807, 2.05) is 6.20 Å². The largest absolute Gasteiger partial charge is 0.356 e. The van der Waals surface area contributed by atoms with Crippen LogP contribution in [0.1, 0.15) is 25.8 Å². The predicted octanol–water partition coefficient (Wildman–Crippen LogP) is 3.06. The molecular weight excluding hydrogens is 208 g/mol. The van der Waals surface area contributed by atoms with Crippen LogP contribution in [0, 0.1) is 5.41 Å². The molecule has 0 spiro atoms. The van der Waals surface area contributed by atoms with E-state index in [0.29, 0.717) is 11.3 Å². The Labute approximate surface area is 96.3 Å². The summed E-state index contributed by atoms with van der Waals surface area (Å²) in [5.41, 5.74) is 1.51. The molecule has 0 radical (unpaired) electrons. The van der Waals surface area contributed by atoms with Gasteiger partial charge in [0.15, 0.2) is 0 Å². The highest BCUT2D eigenvalue weighted by atomic mass is 35.5. The molecule has 3 heteroatoms. The van der Waals surface area contributed by atoms with E-state index in [0.717, 1.165) is 24.5 Å². The molecule has 0 aliphatic carbocycles. The fraction of sp³-hybridized carbons (Fsp3) is 0.583. The number of rotatable bonds is 2. The molecule has 1 aromatic rings. The van der Waals surface area contributed by atoms with Gasteiger partial charge in [0.25, 0.3) is 0 Å². The first-order valence-corrected chi connectivity index (χ1v) is 5.90. The Bertz CT molecular complexity index is 332. The maximum absolute atomic E-state index is 5.73. The Morgan fingerprint density at radius 2 is 2.27 bits per heavy atom. The number of anilines is 1. The Balaban J connectivity index is 2.11. The van der Waals surface area contributed by atoms with Crippen LogP contribution in [0.3, 0.4) is 0 Å². The topological polar surface area (TPSA) is 16.1 Å². The molecule has 1 aliphatic heterocycles. The Morgan fingerprint density at radius 1 is 1.47 bits per heavy atom. The van der Waals surface area contributed by atoms with E-state index >= 15 is 0 Å². The first-order chi connectivity index (χ1) is 7.11. The summed E-state index contributed by atoms with van der Waals surface area (Å²) in [6.45, 7) is 6.82. The monoisotopic (exact) mass is 224 g/mol. The molecule has 0 amide bonds. The van der Waals surface area contributed by atoms with E-state index in [1.165, 1.54) is 6.42 Å². The SMILES string of the molecule is CC1(C)CCN(c2ccc(CCl)cn2)C1. The average molecular weight is 225 g/mol. The lowest BCUT2D eigenvalue weighted by Crippen LogP contribution is -2.23. The zero-order chi connectivity index (χ0) is 10.9. The van der Waals surface area contributed by atoms with Crippen molar-refractivity contribution in [2.24, 2.45) is 5.41 Å². The van der Waals surface area contributed by atoms with Gasteiger partial charge in [0, 0.05) is 25.2 Å². The summed E-state index contributed by atoms with van der Waals surface area (Å²) in [4.78, 5) is 6.78. The van der Waals surface area contributed by atoms with Crippen molar-refractivity contribution in [3.63, 3.8) is 0 Å². The molecule has 0 unspecified atom stereocenters. The van der Waals surface area contributed by atoms with Gasteiger partial charge in [-0.2, -0.15) is 0 Å². The maximum atomic E-state index is 5.73. The normalized spacial score (nSPS) is 19.5. The highest BCUT2D eigenvalue weighted by Gasteiger charge is 2.29. The molecule has 2 heterocycles. The second kappa shape index (κ2) is 4.01. The first kappa shape index (κ1) is 10.7. The van der Waals surface area contributed by atoms with Gasteiger partial charge in [-0.05, 0) is 23.5 Å². The van der Waals surface area contributed by atoms with E-state index in [4.69, 9.17) is 11.6 Å². The number of pyridine rings is 1. The summed E-state index contributed by atoms with van der Waals surface area (Å²) >= 11 is 5.73. The molecule has 0 atom stereocenters. The van der Waals surface area contributed by atoms with Crippen molar-refractivity contribution < 1.29 is 0 Å². The number of hydrogen-bond acceptors (Lipinski definition) is 2. The van der Waals surface area contributed by atoms with Gasteiger partial charge < -0.3 is 4.90 Å². The molecular formula is C12H17ClN2.